The van der Waals surface area contributed by atoms with E-state index in [2.05, 4.69) is 4.72 Å². The minimum absolute atomic E-state index is 0.0636. The van der Waals surface area contributed by atoms with E-state index in [-0.39, 0.29) is 12.0 Å². The summed E-state index contributed by atoms with van der Waals surface area (Å²) in [6.07, 6.45) is 0. The number of nitrogens with one attached hydrogen (secondary N) is 1. The smallest absolute Gasteiger partial charge is 0.208 e. The van der Waals surface area contributed by atoms with E-state index in [0.29, 0.717) is 4.90 Å². The van der Waals surface area contributed by atoms with E-state index in [9.17, 15) is 8.42 Å². The molecule has 90 valence electrons. The van der Waals surface area contributed by atoms with Crippen molar-refractivity contribution in [2.75, 3.05) is 0 Å². The molecule has 0 aliphatic heterocycles. The van der Waals surface area contributed by atoms with E-state index in [0.717, 1.165) is 5.56 Å². The van der Waals surface area contributed by atoms with Gasteiger partial charge in [0.05, 0.1) is 4.90 Å². The standard InChI is InChI=1S/C12H19NO2S/c1-9(2)11(4)13-16(14,15)12-7-5-10(3)6-8-12/h5-9,11,13H,1-4H3/t11-/m0/s1. The number of benzene rings is 1. The topological polar surface area (TPSA) is 46.2 Å². The van der Waals surface area contributed by atoms with Gasteiger partial charge in [-0.1, -0.05) is 31.5 Å². The van der Waals surface area contributed by atoms with E-state index >= 15 is 0 Å². The van der Waals surface area contributed by atoms with Crippen LogP contribution in [0.1, 0.15) is 26.3 Å². The summed E-state index contributed by atoms with van der Waals surface area (Å²) in [6.45, 7) is 7.78. The van der Waals surface area contributed by atoms with Gasteiger partial charge >= 0.3 is 0 Å². The van der Waals surface area contributed by atoms with Crippen molar-refractivity contribution in [3.63, 3.8) is 0 Å². The first-order valence-corrected chi connectivity index (χ1v) is 6.90. The van der Waals surface area contributed by atoms with Crippen LogP contribution in [0.15, 0.2) is 29.2 Å². The first-order chi connectivity index (χ1) is 7.33. The largest absolute Gasteiger partial charge is 0.240 e. The first-order valence-electron chi connectivity index (χ1n) is 5.42. The molecule has 0 spiro atoms. The summed E-state index contributed by atoms with van der Waals surface area (Å²) in [6, 6.07) is 6.80. The quantitative estimate of drug-likeness (QED) is 0.879. The highest BCUT2D eigenvalue weighted by Crippen LogP contribution is 2.12. The van der Waals surface area contributed by atoms with Gasteiger partial charge in [0.1, 0.15) is 0 Å². The molecule has 1 aromatic carbocycles. The molecule has 3 nitrogen and oxygen atoms in total. The summed E-state index contributed by atoms with van der Waals surface area (Å²) < 4.78 is 26.6. The Morgan fingerprint density at radius 3 is 2.00 bits per heavy atom. The average Bonchev–Trinajstić information content (AvgIpc) is 2.17. The molecule has 1 atom stereocenters. The molecule has 0 radical (unpaired) electrons. The van der Waals surface area contributed by atoms with Crippen molar-refractivity contribution in [2.24, 2.45) is 5.92 Å². The van der Waals surface area contributed by atoms with Crippen molar-refractivity contribution >= 4 is 10.0 Å². The zero-order chi connectivity index (χ0) is 12.3. The minimum Gasteiger partial charge on any atom is -0.208 e. The van der Waals surface area contributed by atoms with Crippen LogP contribution >= 0.6 is 0 Å². The highest BCUT2D eigenvalue weighted by atomic mass is 32.2. The summed E-state index contributed by atoms with van der Waals surface area (Å²) in [5.41, 5.74) is 1.05. The number of hydrogen-bond donors (Lipinski definition) is 1. The molecule has 0 unspecified atom stereocenters. The van der Waals surface area contributed by atoms with Crippen LogP contribution in [0.3, 0.4) is 0 Å². The molecule has 0 aromatic heterocycles. The maximum absolute atomic E-state index is 11.9. The lowest BCUT2D eigenvalue weighted by atomic mass is 10.1. The number of rotatable bonds is 4. The maximum Gasteiger partial charge on any atom is 0.240 e. The molecule has 1 rings (SSSR count). The van der Waals surface area contributed by atoms with Crippen LogP contribution in [0.25, 0.3) is 0 Å². The van der Waals surface area contributed by atoms with Crippen molar-refractivity contribution in [3.8, 4) is 0 Å². The van der Waals surface area contributed by atoms with Crippen LogP contribution in [-0.2, 0) is 10.0 Å². The second kappa shape index (κ2) is 4.97. The Balaban J connectivity index is 2.90. The molecule has 0 saturated carbocycles. The zero-order valence-corrected chi connectivity index (χ0v) is 11.0. The van der Waals surface area contributed by atoms with Crippen LogP contribution in [0.4, 0.5) is 0 Å². The summed E-state index contributed by atoms with van der Waals surface area (Å²) in [7, 11) is -3.37. The van der Waals surface area contributed by atoms with Gasteiger partial charge in [-0.05, 0) is 31.9 Å². The van der Waals surface area contributed by atoms with Gasteiger partial charge in [-0.25, -0.2) is 13.1 Å². The third-order valence-corrected chi connectivity index (χ3v) is 4.25. The molecule has 1 aromatic rings. The molecule has 0 heterocycles. The van der Waals surface area contributed by atoms with Crippen LogP contribution in [0, 0.1) is 12.8 Å². The van der Waals surface area contributed by atoms with Crippen LogP contribution in [-0.4, -0.2) is 14.5 Å². The number of hydrogen-bond acceptors (Lipinski definition) is 2. The van der Waals surface area contributed by atoms with Gasteiger partial charge in [0.15, 0.2) is 0 Å². The second-order valence-electron chi connectivity index (χ2n) is 4.47. The lowest BCUT2D eigenvalue weighted by Crippen LogP contribution is -2.36. The highest BCUT2D eigenvalue weighted by molar-refractivity contribution is 7.89. The van der Waals surface area contributed by atoms with E-state index < -0.39 is 10.0 Å². The second-order valence-corrected chi connectivity index (χ2v) is 6.18. The van der Waals surface area contributed by atoms with E-state index in [1.165, 1.54) is 0 Å². The molecule has 0 saturated heterocycles. The van der Waals surface area contributed by atoms with Crippen molar-refractivity contribution in [3.05, 3.63) is 29.8 Å². The van der Waals surface area contributed by atoms with Crippen LogP contribution in [0.2, 0.25) is 0 Å². The van der Waals surface area contributed by atoms with Crippen LogP contribution in [0.5, 0.6) is 0 Å². The zero-order valence-electron chi connectivity index (χ0n) is 10.2. The fourth-order valence-electron chi connectivity index (χ4n) is 1.17. The number of sulfonamides is 1. The molecule has 0 aliphatic carbocycles. The van der Waals surface area contributed by atoms with Crippen molar-refractivity contribution in [1.82, 2.24) is 4.72 Å². The Kier molecular flexibility index (Phi) is 4.10. The van der Waals surface area contributed by atoms with Gasteiger partial charge in [-0.15, -0.1) is 0 Å². The Labute approximate surface area is 97.9 Å². The van der Waals surface area contributed by atoms with Crippen molar-refractivity contribution in [2.45, 2.75) is 38.6 Å². The monoisotopic (exact) mass is 241 g/mol. The van der Waals surface area contributed by atoms with Crippen molar-refractivity contribution in [1.29, 1.82) is 0 Å². The molecule has 0 amide bonds. The number of aryl methyl sites for hydroxylation is 1. The molecule has 4 heteroatoms. The third-order valence-electron chi connectivity index (χ3n) is 2.67. The van der Waals surface area contributed by atoms with Gasteiger partial charge < -0.3 is 0 Å². The predicted octanol–water partition coefficient (Wildman–Crippen LogP) is 2.32. The van der Waals surface area contributed by atoms with Crippen molar-refractivity contribution < 1.29 is 8.42 Å². The predicted molar refractivity (Wildman–Crippen MR) is 65.8 cm³/mol. The Hall–Kier alpha value is -0.870. The Morgan fingerprint density at radius 2 is 1.56 bits per heavy atom. The average molecular weight is 241 g/mol. The Morgan fingerprint density at radius 1 is 1.06 bits per heavy atom. The lowest BCUT2D eigenvalue weighted by Gasteiger charge is -2.17. The van der Waals surface area contributed by atoms with Gasteiger partial charge in [0.25, 0.3) is 0 Å². The summed E-state index contributed by atoms with van der Waals surface area (Å²) >= 11 is 0. The minimum atomic E-state index is -3.37. The molecular weight excluding hydrogens is 222 g/mol. The molecule has 0 fully saturated rings. The van der Waals surface area contributed by atoms with Gasteiger partial charge in [0, 0.05) is 6.04 Å². The molecule has 0 aliphatic rings. The van der Waals surface area contributed by atoms with E-state index in [1.807, 2.05) is 27.7 Å². The van der Waals surface area contributed by atoms with Crippen LogP contribution < -0.4 is 4.72 Å². The van der Waals surface area contributed by atoms with Gasteiger partial charge in [-0.3, -0.25) is 0 Å². The van der Waals surface area contributed by atoms with E-state index in [4.69, 9.17) is 0 Å². The fourth-order valence-corrected chi connectivity index (χ4v) is 2.56. The van der Waals surface area contributed by atoms with Gasteiger partial charge in [0.2, 0.25) is 10.0 Å². The fraction of sp³-hybridized carbons (Fsp3) is 0.500. The summed E-state index contributed by atoms with van der Waals surface area (Å²) in [4.78, 5) is 0.325. The first kappa shape index (κ1) is 13.2. The normalized spacial score (nSPS) is 14.1. The highest BCUT2D eigenvalue weighted by Gasteiger charge is 2.18. The molecular formula is C12H19NO2S. The SMILES string of the molecule is Cc1ccc(S(=O)(=O)N[C@@H](C)C(C)C)cc1. The Bertz CT molecular complexity index is 435. The molecule has 0 bridgehead atoms. The maximum atomic E-state index is 11.9. The lowest BCUT2D eigenvalue weighted by molar-refractivity contribution is 0.476. The molecule has 1 N–H and O–H groups in total. The summed E-state index contributed by atoms with van der Waals surface area (Å²) in [5.74, 6) is 0.278. The van der Waals surface area contributed by atoms with Gasteiger partial charge in [-0.2, -0.15) is 0 Å². The summed E-state index contributed by atoms with van der Waals surface area (Å²) in [5, 5.41) is 0. The van der Waals surface area contributed by atoms with E-state index in [1.54, 1.807) is 24.3 Å². The third kappa shape index (κ3) is 3.32. The molecule has 16 heavy (non-hydrogen) atoms.